The van der Waals surface area contributed by atoms with Crippen molar-refractivity contribution in [2.75, 3.05) is 4.90 Å². The van der Waals surface area contributed by atoms with E-state index < -0.39 is 17.9 Å². The molecule has 4 heteroatoms. The second-order valence-corrected chi connectivity index (χ2v) is 9.60. The minimum absolute atomic E-state index is 0.0415. The first-order valence-corrected chi connectivity index (χ1v) is 9.85. The number of amides is 1. The third-order valence-corrected chi connectivity index (χ3v) is 5.18. The van der Waals surface area contributed by atoms with Gasteiger partial charge in [0.15, 0.2) is 0 Å². The normalized spacial score (nSPS) is 22.5. The van der Waals surface area contributed by atoms with E-state index in [1.165, 1.54) is 4.90 Å². The molecule has 0 aliphatic carbocycles. The molecule has 1 amide bonds. The summed E-state index contributed by atoms with van der Waals surface area (Å²) in [6.45, 7) is 12.0. The number of nitrogens with zero attached hydrogens (tertiary/aromatic N) is 1. The number of rotatable bonds is 1. The average Bonchev–Trinajstić information content (AvgIpc) is 2.58. The van der Waals surface area contributed by atoms with Crippen molar-refractivity contribution in [3.8, 4) is 0 Å². The van der Waals surface area contributed by atoms with Crippen LogP contribution in [0.5, 0.6) is 0 Å². The SMILES string of the molecule is CC(C)(C)OC(=O)N1c2ccccc2[C@@H](C(C)(C)C)[C@H](c2ccccc2)[C@@H]1O. The van der Waals surface area contributed by atoms with Gasteiger partial charge in [-0.1, -0.05) is 69.3 Å². The number of ether oxygens (including phenoxy) is 1. The predicted octanol–water partition coefficient (Wildman–Crippen LogP) is 5.67. The quantitative estimate of drug-likeness (QED) is 0.692. The van der Waals surface area contributed by atoms with Crippen LogP contribution in [0.2, 0.25) is 0 Å². The molecule has 0 spiro atoms. The second-order valence-electron chi connectivity index (χ2n) is 9.60. The van der Waals surface area contributed by atoms with Gasteiger partial charge in [0.25, 0.3) is 0 Å². The predicted molar refractivity (Wildman–Crippen MR) is 113 cm³/mol. The molecule has 0 aromatic heterocycles. The summed E-state index contributed by atoms with van der Waals surface area (Å²) in [6.07, 6.45) is -1.54. The maximum atomic E-state index is 13.1. The van der Waals surface area contributed by atoms with Crippen molar-refractivity contribution in [1.82, 2.24) is 0 Å². The Morgan fingerprint density at radius 1 is 0.929 bits per heavy atom. The van der Waals surface area contributed by atoms with E-state index in [1.807, 2.05) is 69.3 Å². The van der Waals surface area contributed by atoms with Gasteiger partial charge in [-0.3, -0.25) is 4.90 Å². The van der Waals surface area contributed by atoms with Crippen LogP contribution in [-0.4, -0.2) is 23.0 Å². The summed E-state index contributed by atoms with van der Waals surface area (Å²) in [4.78, 5) is 14.5. The summed E-state index contributed by atoms with van der Waals surface area (Å²) in [5, 5.41) is 11.5. The monoisotopic (exact) mass is 381 g/mol. The molecule has 0 fully saturated rings. The molecule has 1 N–H and O–H groups in total. The van der Waals surface area contributed by atoms with Gasteiger partial charge in [-0.15, -0.1) is 0 Å². The van der Waals surface area contributed by atoms with E-state index in [4.69, 9.17) is 4.74 Å². The minimum atomic E-state index is -1.02. The van der Waals surface area contributed by atoms with Crippen LogP contribution in [0, 0.1) is 5.41 Å². The molecule has 150 valence electrons. The van der Waals surface area contributed by atoms with Crippen LogP contribution in [0.4, 0.5) is 10.5 Å². The van der Waals surface area contributed by atoms with Crippen LogP contribution in [0.25, 0.3) is 0 Å². The Balaban J connectivity index is 2.19. The summed E-state index contributed by atoms with van der Waals surface area (Å²) in [5.41, 5.74) is 2.03. The largest absolute Gasteiger partial charge is 0.443 e. The van der Waals surface area contributed by atoms with E-state index in [0.29, 0.717) is 0 Å². The number of aliphatic hydroxyl groups is 1. The summed E-state index contributed by atoms with van der Waals surface area (Å²) in [7, 11) is 0. The number of hydrogen-bond acceptors (Lipinski definition) is 3. The van der Waals surface area contributed by atoms with Gasteiger partial charge >= 0.3 is 6.09 Å². The van der Waals surface area contributed by atoms with Crippen LogP contribution >= 0.6 is 0 Å². The molecule has 2 aromatic rings. The zero-order valence-corrected chi connectivity index (χ0v) is 17.6. The van der Waals surface area contributed by atoms with Gasteiger partial charge < -0.3 is 9.84 Å². The Labute approximate surface area is 168 Å². The Kier molecular flexibility index (Phi) is 5.28. The maximum Gasteiger partial charge on any atom is 0.416 e. The van der Waals surface area contributed by atoms with Crippen molar-refractivity contribution in [2.24, 2.45) is 5.41 Å². The van der Waals surface area contributed by atoms with Gasteiger partial charge in [0.05, 0.1) is 5.69 Å². The van der Waals surface area contributed by atoms with E-state index in [2.05, 4.69) is 26.8 Å². The molecule has 3 rings (SSSR count). The van der Waals surface area contributed by atoms with Gasteiger partial charge in [-0.2, -0.15) is 0 Å². The first-order valence-electron chi connectivity index (χ1n) is 9.85. The smallest absolute Gasteiger partial charge is 0.416 e. The highest BCUT2D eigenvalue weighted by Crippen LogP contribution is 2.53. The zero-order chi connectivity index (χ0) is 20.7. The van der Waals surface area contributed by atoms with Gasteiger partial charge in [0.2, 0.25) is 0 Å². The van der Waals surface area contributed by atoms with E-state index >= 15 is 0 Å². The first-order chi connectivity index (χ1) is 13.0. The molecule has 0 saturated heterocycles. The number of aliphatic hydroxyl groups excluding tert-OH is 1. The Morgan fingerprint density at radius 3 is 2.07 bits per heavy atom. The highest BCUT2D eigenvalue weighted by atomic mass is 16.6. The highest BCUT2D eigenvalue weighted by Gasteiger charge is 2.48. The van der Waals surface area contributed by atoms with Crippen molar-refractivity contribution in [2.45, 2.75) is 65.2 Å². The number of para-hydroxylation sites is 1. The standard InChI is InChI=1S/C24H31NO3/c1-23(2,3)20-17-14-10-11-15-18(17)25(22(27)28-24(4,5)6)21(26)19(20)16-12-8-7-9-13-16/h7-15,19-21,26H,1-6H3/t19-,20+,21-/m0/s1. The number of carbonyl (C=O) groups is 1. The molecule has 0 saturated carbocycles. The average molecular weight is 382 g/mol. The fourth-order valence-electron chi connectivity index (χ4n) is 4.20. The molecule has 3 atom stereocenters. The molecular weight excluding hydrogens is 350 g/mol. The number of benzene rings is 2. The summed E-state index contributed by atoms with van der Waals surface area (Å²) in [6, 6.07) is 17.8. The molecule has 0 unspecified atom stereocenters. The highest BCUT2D eigenvalue weighted by molar-refractivity contribution is 5.90. The zero-order valence-electron chi connectivity index (χ0n) is 17.6. The lowest BCUT2D eigenvalue weighted by atomic mass is 9.64. The number of hydrogen-bond donors (Lipinski definition) is 1. The number of anilines is 1. The molecule has 2 aromatic carbocycles. The number of carbonyl (C=O) groups excluding carboxylic acids is 1. The van der Waals surface area contributed by atoms with Crippen molar-refractivity contribution in [1.29, 1.82) is 0 Å². The van der Waals surface area contributed by atoms with Crippen molar-refractivity contribution >= 4 is 11.8 Å². The summed E-state index contributed by atoms with van der Waals surface area (Å²) >= 11 is 0. The fraction of sp³-hybridized carbons (Fsp3) is 0.458. The Hall–Kier alpha value is -2.33. The van der Waals surface area contributed by atoms with Crippen molar-refractivity contribution in [3.05, 3.63) is 65.7 Å². The van der Waals surface area contributed by atoms with E-state index in [1.54, 1.807) is 0 Å². The van der Waals surface area contributed by atoms with Crippen LogP contribution in [0.15, 0.2) is 54.6 Å². The first kappa shape index (κ1) is 20.4. The lowest BCUT2D eigenvalue weighted by molar-refractivity contribution is 0.0357. The molecule has 0 radical (unpaired) electrons. The molecule has 0 bridgehead atoms. The van der Waals surface area contributed by atoms with Gasteiger partial charge in [-0.05, 0) is 43.4 Å². The maximum absolute atomic E-state index is 13.1. The van der Waals surface area contributed by atoms with Crippen molar-refractivity contribution < 1.29 is 14.6 Å². The van der Waals surface area contributed by atoms with Crippen molar-refractivity contribution in [3.63, 3.8) is 0 Å². The third kappa shape index (κ3) is 3.93. The lowest BCUT2D eigenvalue weighted by Gasteiger charge is -2.48. The van der Waals surface area contributed by atoms with Gasteiger partial charge in [-0.25, -0.2) is 4.79 Å². The topological polar surface area (TPSA) is 49.8 Å². The molecule has 1 heterocycles. The van der Waals surface area contributed by atoms with Crippen LogP contribution in [0.1, 0.15) is 64.5 Å². The molecule has 4 nitrogen and oxygen atoms in total. The van der Waals surface area contributed by atoms with Gasteiger partial charge in [0.1, 0.15) is 11.8 Å². The molecule has 1 aliphatic rings. The second kappa shape index (κ2) is 7.25. The Morgan fingerprint density at radius 2 is 1.50 bits per heavy atom. The van der Waals surface area contributed by atoms with E-state index in [-0.39, 0.29) is 17.3 Å². The Bertz CT molecular complexity index is 833. The lowest BCUT2D eigenvalue weighted by Crippen LogP contribution is -2.52. The fourth-order valence-corrected chi connectivity index (χ4v) is 4.20. The summed E-state index contributed by atoms with van der Waals surface area (Å²) < 4.78 is 5.64. The molecule has 28 heavy (non-hydrogen) atoms. The number of fused-ring (bicyclic) bond motifs is 1. The van der Waals surface area contributed by atoms with Crippen LogP contribution in [-0.2, 0) is 4.74 Å². The van der Waals surface area contributed by atoms with Gasteiger partial charge in [0, 0.05) is 11.8 Å². The van der Waals surface area contributed by atoms with E-state index in [0.717, 1.165) is 16.8 Å². The third-order valence-electron chi connectivity index (χ3n) is 5.18. The molecule has 1 aliphatic heterocycles. The van der Waals surface area contributed by atoms with E-state index in [9.17, 15) is 9.90 Å². The van der Waals surface area contributed by atoms with Crippen LogP contribution < -0.4 is 4.90 Å². The van der Waals surface area contributed by atoms with Crippen LogP contribution in [0.3, 0.4) is 0 Å². The minimum Gasteiger partial charge on any atom is -0.443 e. The molecular formula is C24H31NO3. The summed E-state index contributed by atoms with van der Waals surface area (Å²) in [5.74, 6) is -0.219.